The Kier molecular flexibility index (Phi) is 5.57. The lowest BCUT2D eigenvalue weighted by Crippen LogP contribution is -2.39. The number of likely N-dealkylation sites (N-methyl/N-ethyl adjacent to an activating group) is 1. The molecule has 10 nitrogen and oxygen atoms in total. The summed E-state index contributed by atoms with van der Waals surface area (Å²) in [7, 11) is 2.15. The van der Waals surface area contributed by atoms with Crippen LogP contribution in [0.3, 0.4) is 0 Å². The van der Waals surface area contributed by atoms with Gasteiger partial charge in [-0.05, 0) is 54.9 Å². The van der Waals surface area contributed by atoms with Gasteiger partial charge in [-0.3, -0.25) is 9.59 Å². The summed E-state index contributed by atoms with van der Waals surface area (Å²) in [5.74, 6) is 0.971. The topological polar surface area (TPSA) is 97.5 Å². The number of carbonyl (C=O) groups excluding carboxylic acids is 1. The Labute approximate surface area is 231 Å². The number of allylic oxidation sites excluding steroid dienone is 1. The van der Waals surface area contributed by atoms with Gasteiger partial charge in [-0.2, -0.15) is 4.98 Å². The molecule has 7 rings (SSSR count). The van der Waals surface area contributed by atoms with E-state index in [9.17, 15) is 9.59 Å². The fraction of sp³-hybridized carbons (Fsp3) is 0.333. The van der Waals surface area contributed by atoms with Gasteiger partial charge in [0.2, 0.25) is 5.95 Å². The maximum atomic E-state index is 13.5. The average molecular weight is 538 g/mol. The number of amides is 1. The van der Waals surface area contributed by atoms with Crippen molar-refractivity contribution < 1.29 is 9.53 Å². The van der Waals surface area contributed by atoms with Crippen LogP contribution in [0.2, 0.25) is 0 Å². The fourth-order valence-electron chi connectivity index (χ4n) is 6.24. The SMILES string of the molecule is CN1Cc2ccc(Nc3ncc4c(=O)n5n(c4n3)-c3ccc4c(c3)N(CCC=CC5)C(=O)CO4)cc2C(C)(C)C1. The number of fused-ring (bicyclic) bond motifs is 6. The number of nitrogens with one attached hydrogen (secondary N) is 1. The summed E-state index contributed by atoms with van der Waals surface area (Å²) in [5.41, 5.74) is 5.28. The molecule has 0 saturated heterocycles. The van der Waals surface area contributed by atoms with E-state index >= 15 is 0 Å². The minimum atomic E-state index is -0.174. The zero-order chi connectivity index (χ0) is 27.6. The molecule has 0 fully saturated rings. The van der Waals surface area contributed by atoms with Crippen LogP contribution in [0.25, 0.3) is 16.7 Å². The third kappa shape index (κ3) is 3.98. The molecule has 0 aliphatic carbocycles. The van der Waals surface area contributed by atoms with E-state index in [1.54, 1.807) is 15.8 Å². The first-order valence-corrected chi connectivity index (χ1v) is 13.6. The number of aromatic nitrogens is 4. The number of nitrogens with zero attached hydrogens (tertiary/aromatic N) is 6. The summed E-state index contributed by atoms with van der Waals surface area (Å²) in [4.78, 5) is 39.6. The van der Waals surface area contributed by atoms with E-state index in [1.807, 2.05) is 35.0 Å². The summed E-state index contributed by atoms with van der Waals surface area (Å²) >= 11 is 0. The normalized spacial score (nSPS) is 18.1. The lowest BCUT2D eigenvalue weighted by molar-refractivity contribution is -0.121. The predicted octanol–water partition coefficient (Wildman–Crippen LogP) is 3.73. The van der Waals surface area contributed by atoms with Gasteiger partial charge in [-0.25, -0.2) is 14.3 Å². The minimum Gasteiger partial charge on any atom is -0.482 e. The van der Waals surface area contributed by atoms with E-state index in [0.29, 0.717) is 53.6 Å². The summed E-state index contributed by atoms with van der Waals surface area (Å²) in [6.45, 7) is 7.36. The molecule has 1 N–H and O–H groups in total. The molecule has 0 unspecified atom stereocenters. The van der Waals surface area contributed by atoms with Crippen LogP contribution in [0.5, 0.6) is 5.75 Å². The number of ether oxygens (including phenoxy) is 1. The van der Waals surface area contributed by atoms with Gasteiger partial charge in [0.25, 0.3) is 11.5 Å². The first-order valence-electron chi connectivity index (χ1n) is 13.6. The third-order valence-corrected chi connectivity index (χ3v) is 7.97. The molecule has 10 heteroatoms. The quantitative estimate of drug-likeness (QED) is 0.389. The maximum Gasteiger partial charge on any atom is 0.278 e. The number of rotatable bonds is 2. The third-order valence-electron chi connectivity index (χ3n) is 7.97. The molecule has 204 valence electrons. The van der Waals surface area contributed by atoms with Crippen LogP contribution in [-0.2, 0) is 23.3 Å². The van der Waals surface area contributed by atoms with Gasteiger partial charge < -0.3 is 19.9 Å². The molecule has 2 aromatic heterocycles. The molecule has 3 aliphatic heterocycles. The highest BCUT2D eigenvalue weighted by Crippen LogP contribution is 2.36. The van der Waals surface area contributed by atoms with Gasteiger partial charge in [-0.15, -0.1) is 0 Å². The summed E-state index contributed by atoms with van der Waals surface area (Å²) in [6.07, 6.45) is 6.21. The lowest BCUT2D eigenvalue weighted by Gasteiger charge is -2.38. The zero-order valence-electron chi connectivity index (χ0n) is 22.8. The largest absolute Gasteiger partial charge is 0.482 e. The van der Waals surface area contributed by atoms with Crippen molar-refractivity contribution in [2.75, 3.05) is 37.0 Å². The van der Waals surface area contributed by atoms with Crippen LogP contribution in [0.15, 0.2) is 59.5 Å². The first kappa shape index (κ1) is 24.6. The van der Waals surface area contributed by atoms with E-state index < -0.39 is 0 Å². The molecule has 5 heterocycles. The highest BCUT2D eigenvalue weighted by molar-refractivity contribution is 5.98. The molecule has 0 saturated carbocycles. The molecule has 1 amide bonds. The molecule has 0 spiro atoms. The van der Waals surface area contributed by atoms with Gasteiger partial charge in [0.15, 0.2) is 12.3 Å². The van der Waals surface area contributed by atoms with Crippen molar-refractivity contribution in [2.24, 2.45) is 0 Å². The van der Waals surface area contributed by atoms with E-state index in [0.717, 1.165) is 18.8 Å². The van der Waals surface area contributed by atoms with E-state index in [1.165, 1.54) is 11.1 Å². The van der Waals surface area contributed by atoms with Crippen LogP contribution >= 0.6 is 0 Å². The average Bonchev–Trinajstić information content (AvgIpc) is 3.18. The van der Waals surface area contributed by atoms with Crippen molar-refractivity contribution in [2.45, 2.75) is 38.8 Å². The summed E-state index contributed by atoms with van der Waals surface area (Å²) in [5, 5.41) is 3.79. The van der Waals surface area contributed by atoms with Crippen molar-refractivity contribution in [1.82, 2.24) is 24.2 Å². The highest BCUT2D eigenvalue weighted by atomic mass is 16.5. The Bertz CT molecular complexity index is 1770. The van der Waals surface area contributed by atoms with Crippen LogP contribution in [0, 0.1) is 0 Å². The van der Waals surface area contributed by atoms with Gasteiger partial charge in [0.05, 0.1) is 17.9 Å². The van der Waals surface area contributed by atoms with Crippen molar-refractivity contribution in [1.29, 1.82) is 0 Å². The number of benzene rings is 2. The van der Waals surface area contributed by atoms with E-state index in [-0.39, 0.29) is 23.5 Å². The lowest BCUT2D eigenvalue weighted by atomic mass is 9.78. The van der Waals surface area contributed by atoms with Gasteiger partial charge in [-0.1, -0.05) is 32.1 Å². The Morgan fingerprint density at radius 2 is 1.95 bits per heavy atom. The van der Waals surface area contributed by atoms with Gasteiger partial charge in [0.1, 0.15) is 11.1 Å². The molecule has 0 radical (unpaired) electrons. The molecule has 40 heavy (non-hydrogen) atoms. The Morgan fingerprint density at radius 1 is 1.07 bits per heavy atom. The number of anilines is 3. The van der Waals surface area contributed by atoms with Crippen LogP contribution in [0.1, 0.15) is 31.4 Å². The van der Waals surface area contributed by atoms with Crippen molar-refractivity contribution in [3.8, 4) is 11.4 Å². The number of hydrogen-bond acceptors (Lipinski definition) is 7. The zero-order valence-corrected chi connectivity index (χ0v) is 22.8. The van der Waals surface area contributed by atoms with Gasteiger partial charge >= 0.3 is 0 Å². The first-order chi connectivity index (χ1) is 19.3. The number of hydrogen-bond donors (Lipinski definition) is 1. The van der Waals surface area contributed by atoms with Crippen molar-refractivity contribution in [3.63, 3.8) is 0 Å². The molecule has 3 aliphatic rings. The Morgan fingerprint density at radius 3 is 2.83 bits per heavy atom. The Hall–Kier alpha value is -4.44. The molecule has 4 aromatic rings. The summed E-state index contributed by atoms with van der Waals surface area (Å²) < 4.78 is 9.16. The van der Waals surface area contributed by atoms with E-state index in [2.05, 4.69) is 54.3 Å². The van der Waals surface area contributed by atoms with Crippen molar-refractivity contribution in [3.05, 3.63) is 76.2 Å². The van der Waals surface area contributed by atoms with Crippen LogP contribution < -0.4 is 20.5 Å². The predicted molar refractivity (Wildman–Crippen MR) is 154 cm³/mol. The van der Waals surface area contributed by atoms with Gasteiger partial charge in [0, 0.05) is 36.9 Å². The molecule has 2 aromatic carbocycles. The fourth-order valence-corrected chi connectivity index (χ4v) is 6.24. The molecule has 2 bridgehead atoms. The smallest absolute Gasteiger partial charge is 0.278 e. The second kappa shape index (κ2) is 9.06. The summed E-state index contributed by atoms with van der Waals surface area (Å²) in [6, 6.07) is 12.0. The maximum absolute atomic E-state index is 13.5. The van der Waals surface area contributed by atoms with Crippen LogP contribution in [-0.4, -0.2) is 56.9 Å². The van der Waals surface area contributed by atoms with E-state index in [4.69, 9.17) is 9.72 Å². The number of carbonyl (C=O) groups is 1. The second-order valence-corrected chi connectivity index (χ2v) is 11.4. The molecule has 0 atom stereocenters. The highest BCUT2D eigenvalue weighted by Gasteiger charge is 2.31. The second-order valence-electron chi connectivity index (χ2n) is 11.4. The standard InChI is InChI=1S/C30H31N7O3/c1-30(2)18-34(3)16-19-7-8-20(13-23(19)30)32-29-31-15-22-27(33-29)37-21-9-10-25-24(14-21)35(26(38)17-40-25)11-5-4-6-12-36(37)28(22)39/h4,6-10,13-15H,5,11-12,16-18H2,1-3H3,(H,31,32,33). The minimum absolute atomic E-state index is 0.0190. The molecular formula is C30H31N7O3. The monoisotopic (exact) mass is 537 g/mol. The Balaban J connectivity index is 1.34. The van der Waals surface area contributed by atoms with Crippen LogP contribution in [0.4, 0.5) is 17.3 Å². The van der Waals surface area contributed by atoms with Crippen molar-refractivity contribution >= 4 is 34.3 Å². The molecular weight excluding hydrogens is 506 g/mol.